The molecule has 0 bridgehead atoms. The number of carbonyl (C=O) groups excluding carboxylic acids is 2. The van der Waals surface area contributed by atoms with Crippen molar-refractivity contribution in [3.8, 4) is 0 Å². The molecular weight excluding hydrogens is 290 g/mol. The molecule has 0 spiro atoms. The van der Waals surface area contributed by atoms with Gasteiger partial charge in [-0.15, -0.1) is 11.8 Å². The average molecular weight is 315 g/mol. The maximum Gasteiger partial charge on any atom is 0.240 e. The first-order valence-corrected chi connectivity index (χ1v) is 8.80. The first-order chi connectivity index (χ1) is 10.2. The van der Waals surface area contributed by atoms with Gasteiger partial charge in [0.1, 0.15) is 0 Å². The minimum absolute atomic E-state index is 0.0224. The van der Waals surface area contributed by atoms with Crippen molar-refractivity contribution in [2.45, 2.75) is 25.8 Å². The third kappa shape index (κ3) is 5.16. The second-order valence-electron chi connectivity index (χ2n) is 5.45. The monoisotopic (exact) mass is 315 g/mol. The second-order valence-corrected chi connectivity index (χ2v) is 6.53. The normalized spacial score (nSPS) is 25.3. The van der Waals surface area contributed by atoms with Crippen molar-refractivity contribution in [2.24, 2.45) is 5.92 Å². The zero-order valence-electron chi connectivity index (χ0n) is 12.6. The average Bonchev–Trinajstić information content (AvgIpc) is 3.16. The van der Waals surface area contributed by atoms with Crippen LogP contribution in [-0.4, -0.2) is 67.2 Å². The van der Waals surface area contributed by atoms with Crippen LogP contribution >= 0.6 is 11.8 Å². The molecule has 6 nitrogen and oxygen atoms in total. The molecule has 0 unspecified atom stereocenters. The number of nitrogens with one attached hydrogen (secondary N) is 2. The maximum atomic E-state index is 12.3. The zero-order chi connectivity index (χ0) is 15.1. The number of hydrogen-bond acceptors (Lipinski definition) is 5. The Morgan fingerprint density at radius 2 is 2.33 bits per heavy atom. The SMILES string of the molecule is CCOCCC(=O)NC[C@@H]1CN[C@H](C(=O)N2CCSC2)C1. The summed E-state index contributed by atoms with van der Waals surface area (Å²) < 4.78 is 5.16. The highest BCUT2D eigenvalue weighted by atomic mass is 32.2. The minimum atomic E-state index is -0.0750. The van der Waals surface area contributed by atoms with Crippen LogP contribution in [0.4, 0.5) is 0 Å². The van der Waals surface area contributed by atoms with Crippen LogP contribution in [0.2, 0.25) is 0 Å². The summed E-state index contributed by atoms with van der Waals surface area (Å²) in [5.41, 5.74) is 0. The highest BCUT2D eigenvalue weighted by Crippen LogP contribution is 2.19. The van der Waals surface area contributed by atoms with Crippen LogP contribution in [-0.2, 0) is 14.3 Å². The van der Waals surface area contributed by atoms with Gasteiger partial charge in [-0.25, -0.2) is 0 Å². The summed E-state index contributed by atoms with van der Waals surface area (Å²) in [5, 5.41) is 6.21. The molecule has 2 atom stereocenters. The van der Waals surface area contributed by atoms with Crippen molar-refractivity contribution in [1.29, 1.82) is 0 Å². The Morgan fingerprint density at radius 1 is 1.48 bits per heavy atom. The van der Waals surface area contributed by atoms with Gasteiger partial charge in [-0.3, -0.25) is 9.59 Å². The number of amides is 2. The number of ether oxygens (including phenoxy) is 1. The van der Waals surface area contributed by atoms with E-state index < -0.39 is 0 Å². The van der Waals surface area contributed by atoms with Gasteiger partial charge in [0.05, 0.1) is 18.5 Å². The Balaban J connectivity index is 1.63. The fraction of sp³-hybridized carbons (Fsp3) is 0.857. The largest absolute Gasteiger partial charge is 0.381 e. The Labute approximate surface area is 130 Å². The van der Waals surface area contributed by atoms with Crippen molar-refractivity contribution in [3.05, 3.63) is 0 Å². The quantitative estimate of drug-likeness (QED) is 0.649. The van der Waals surface area contributed by atoms with Gasteiger partial charge in [0.15, 0.2) is 0 Å². The molecule has 0 aromatic carbocycles. The van der Waals surface area contributed by atoms with Crippen molar-refractivity contribution in [2.75, 3.05) is 44.5 Å². The van der Waals surface area contributed by atoms with E-state index in [1.807, 2.05) is 11.8 Å². The van der Waals surface area contributed by atoms with E-state index in [1.165, 1.54) is 0 Å². The van der Waals surface area contributed by atoms with E-state index in [1.54, 1.807) is 11.8 Å². The van der Waals surface area contributed by atoms with Crippen LogP contribution in [0.15, 0.2) is 0 Å². The van der Waals surface area contributed by atoms with E-state index in [0.717, 1.165) is 31.1 Å². The fourth-order valence-corrected chi connectivity index (χ4v) is 3.57. The molecule has 0 aromatic heterocycles. The van der Waals surface area contributed by atoms with Gasteiger partial charge in [0.2, 0.25) is 11.8 Å². The molecule has 2 amide bonds. The predicted molar refractivity (Wildman–Crippen MR) is 83.1 cm³/mol. The molecule has 0 aliphatic carbocycles. The molecule has 2 saturated heterocycles. The summed E-state index contributed by atoms with van der Waals surface area (Å²) in [6.45, 7) is 5.32. The molecule has 2 fully saturated rings. The molecule has 2 N–H and O–H groups in total. The number of carbonyl (C=O) groups is 2. The molecule has 21 heavy (non-hydrogen) atoms. The first-order valence-electron chi connectivity index (χ1n) is 7.65. The van der Waals surface area contributed by atoms with E-state index >= 15 is 0 Å². The van der Waals surface area contributed by atoms with Crippen LogP contribution in [0.25, 0.3) is 0 Å². The highest BCUT2D eigenvalue weighted by molar-refractivity contribution is 7.99. The summed E-state index contributed by atoms with van der Waals surface area (Å²) in [4.78, 5) is 25.8. The van der Waals surface area contributed by atoms with Crippen LogP contribution in [0.3, 0.4) is 0 Å². The van der Waals surface area contributed by atoms with Crippen molar-refractivity contribution < 1.29 is 14.3 Å². The Kier molecular flexibility index (Phi) is 6.79. The van der Waals surface area contributed by atoms with Gasteiger partial charge in [0.25, 0.3) is 0 Å². The van der Waals surface area contributed by atoms with Gasteiger partial charge in [-0.2, -0.15) is 0 Å². The Bertz CT molecular complexity index is 361. The van der Waals surface area contributed by atoms with Crippen LogP contribution < -0.4 is 10.6 Å². The van der Waals surface area contributed by atoms with E-state index in [9.17, 15) is 9.59 Å². The minimum Gasteiger partial charge on any atom is -0.381 e. The van der Waals surface area contributed by atoms with Crippen LogP contribution in [0, 0.1) is 5.92 Å². The molecule has 7 heteroatoms. The summed E-state index contributed by atoms with van der Waals surface area (Å²) in [6, 6.07) is -0.0750. The molecule has 2 aliphatic heterocycles. The number of thioether (sulfide) groups is 1. The van der Waals surface area contributed by atoms with Gasteiger partial charge in [0, 0.05) is 38.4 Å². The Hall–Kier alpha value is -0.790. The van der Waals surface area contributed by atoms with E-state index in [0.29, 0.717) is 32.1 Å². The van der Waals surface area contributed by atoms with Gasteiger partial charge < -0.3 is 20.3 Å². The third-order valence-corrected chi connectivity index (χ3v) is 4.82. The van der Waals surface area contributed by atoms with Gasteiger partial charge in [-0.05, 0) is 19.3 Å². The third-order valence-electron chi connectivity index (χ3n) is 3.85. The van der Waals surface area contributed by atoms with E-state index in [4.69, 9.17) is 4.74 Å². The number of hydrogen-bond donors (Lipinski definition) is 2. The molecule has 0 aromatic rings. The van der Waals surface area contributed by atoms with E-state index in [-0.39, 0.29) is 17.9 Å². The number of rotatable bonds is 7. The van der Waals surface area contributed by atoms with Crippen LogP contribution in [0.1, 0.15) is 19.8 Å². The Morgan fingerprint density at radius 3 is 3.05 bits per heavy atom. The van der Waals surface area contributed by atoms with Crippen molar-refractivity contribution in [1.82, 2.24) is 15.5 Å². The molecule has 0 saturated carbocycles. The number of nitrogens with zero attached hydrogens (tertiary/aromatic N) is 1. The topological polar surface area (TPSA) is 70.7 Å². The fourth-order valence-electron chi connectivity index (χ4n) is 2.62. The molecule has 120 valence electrons. The summed E-state index contributed by atoms with van der Waals surface area (Å²) in [5.74, 6) is 2.43. The van der Waals surface area contributed by atoms with Crippen molar-refractivity contribution in [3.63, 3.8) is 0 Å². The lowest BCUT2D eigenvalue weighted by atomic mass is 10.0. The lowest BCUT2D eigenvalue weighted by molar-refractivity contribution is -0.131. The standard InChI is InChI=1S/C14H25N3O3S/c1-2-20-5-3-13(18)16-9-11-7-12(15-8-11)14(19)17-4-6-21-10-17/h11-12,15H,2-10H2,1H3,(H,16,18)/t11-,12-/m0/s1. The summed E-state index contributed by atoms with van der Waals surface area (Å²) in [7, 11) is 0. The highest BCUT2D eigenvalue weighted by Gasteiger charge is 2.33. The lowest BCUT2D eigenvalue weighted by Crippen LogP contribution is -2.42. The molecule has 2 aliphatic rings. The molecule has 2 rings (SSSR count). The zero-order valence-corrected chi connectivity index (χ0v) is 13.4. The van der Waals surface area contributed by atoms with E-state index in [2.05, 4.69) is 10.6 Å². The van der Waals surface area contributed by atoms with Gasteiger partial charge >= 0.3 is 0 Å². The van der Waals surface area contributed by atoms with Crippen molar-refractivity contribution >= 4 is 23.6 Å². The predicted octanol–water partition coefficient (Wildman–Crippen LogP) is 0.0402. The molecular formula is C14H25N3O3S. The summed E-state index contributed by atoms with van der Waals surface area (Å²) in [6.07, 6.45) is 1.22. The maximum absolute atomic E-state index is 12.3. The molecule has 2 heterocycles. The van der Waals surface area contributed by atoms with Gasteiger partial charge in [-0.1, -0.05) is 0 Å². The van der Waals surface area contributed by atoms with Crippen LogP contribution in [0.5, 0.6) is 0 Å². The second kappa shape index (κ2) is 8.60. The molecule has 0 radical (unpaired) electrons. The smallest absolute Gasteiger partial charge is 0.240 e. The lowest BCUT2D eigenvalue weighted by Gasteiger charge is -2.19. The first kappa shape index (κ1) is 16.6. The summed E-state index contributed by atoms with van der Waals surface area (Å²) >= 11 is 1.80.